The quantitative estimate of drug-likeness (QED) is 0.602. The van der Waals surface area contributed by atoms with E-state index in [9.17, 15) is 8.78 Å². The van der Waals surface area contributed by atoms with Gasteiger partial charge in [-0.2, -0.15) is 0 Å². The summed E-state index contributed by atoms with van der Waals surface area (Å²) in [5.74, 6) is 0. The van der Waals surface area contributed by atoms with Crippen LogP contribution in [0.4, 0.5) is 8.78 Å². The standard InChI is InChI=1S/C5H11F2N.H2/c1-4(2)8-3-5(6)7;/h4-5,8H,3H2,1-2H3;1H. The molecule has 0 radical (unpaired) electrons. The van der Waals surface area contributed by atoms with Crippen LogP contribution in [-0.2, 0) is 0 Å². The van der Waals surface area contributed by atoms with Crippen LogP contribution < -0.4 is 5.32 Å². The average molecular weight is 125 g/mol. The summed E-state index contributed by atoms with van der Waals surface area (Å²) in [6.45, 7) is 3.47. The van der Waals surface area contributed by atoms with E-state index < -0.39 is 6.43 Å². The molecule has 0 saturated heterocycles. The Bertz CT molecular complexity index is 50.9. The molecule has 0 amide bonds. The highest BCUT2D eigenvalue weighted by Crippen LogP contribution is 1.88. The second-order valence-corrected chi connectivity index (χ2v) is 1.95. The average Bonchev–Trinajstić information content (AvgIpc) is 1.61. The van der Waals surface area contributed by atoms with Crippen molar-refractivity contribution < 1.29 is 10.2 Å². The maximum Gasteiger partial charge on any atom is 0.250 e. The van der Waals surface area contributed by atoms with Gasteiger partial charge in [0.05, 0.1) is 6.54 Å². The van der Waals surface area contributed by atoms with E-state index in [-0.39, 0.29) is 14.0 Å². The Morgan fingerprint density at radius 1 is 1.50 bits per heavy atom. The highest BCUT2D eigenvalue weighted by molar-refractivity contribution is 4.52. The van der Waals surface area contributed by atoms with Gasteiger partial charge in [-0.15, -0.1) is 0 Å². The number of alkyl halides is 2. The van der Waals surface area contributed by atoms with Gasteiger partial charge in [-0.05, 0) is 0 Å². The highest BCUT2D eigenvalue weighted by atomic mass is 19.3. The Morgan fingerprint density at radius 3 is 2.12 bits per heavy atom. The summed E-state index contributed by atoms with van der Waals surface area (Å²) in [5, 5.41) is 2.59. The van der Waals surface area contributed by atoms with Crippen molar-refractivity contribution in [2.45, 2.75) is 26.3 Å². The van der Waals surface area contributed by atoms with Crippen molar-refractivity contribution in [3.8, 4) is 0 Å². The molecule has 0 atom stereocenters. The predicted molar refractivity (Wildman–Crippen MR) is 31.3 cm³/mol. The third kappa shape index (κ3) is 5.82. The fourth-order valence-corrected chi connectivity index (χ4v) is 0.325. The van der Waals surface area contributed by atoms with Gasteiger partial charge in [0.2, 0.25) is 0 Å². The van der Waals surface area contributed by atoms with E-state index in [1.165, 1.54) is 0 Å². The lowest BCUT2D eigenvalue weighted by Crippen LogP contribution is -2.27. The van der Waals surface area contributed by atoms with Crippen LogP contribution in [0.3, 0.4) is 0 Å². The molecular weight excluding hydrogens is 112 g/mol. The largest absolute Gasteiger partial charge is 0.309 e. The lowest BCUT2D eigenvalue weighted by Gasteiger charge is -2.05. The summed E-state index contributed by atoms with van der Waals surface area (Å²) >= 11 is 0. The van der Waals surface area contributed by atoms with Crippen molar-refractivity contribution in [1.82, 2.24) is 5.32 Å². The SMILES string of the molecule is CC(C)NCC(F)F.[HH]. The van der Waals surface area contributed by atoms with Crippen molar-refractivity contribution in [2.24, 2.45) is 0 Å². The molecule has 0 fully saturated rings. The van der Waals surface area contributed by atoms with Gasteiger partial charge in [0.1, 0.15) is 0 Å². The molecule has 0 saturated carbocycles. The predicted octanol–water partition coefficient (Wildman–Crippen LogP) is 1.50. The molecule has 0 aliphatic rings. The van der Waals surface area contributed by atoms with Gasteiger partial charge >= 0.3 is 0 Å². The zero-order valence-corrected chi connectivity index (χ0v) is 5.12. The molecule has 0 aliphatic heterocycles. The van der Waals surface area contributed by atoms with Crippen molar-refractivity contribution >= 4 is 0 Å². The van der Waals surface area contributed by atoms with Crippen LogP contribution in [-0.4, -0.2) is 19.0 Å². The molecule has 52 valence electrons. The minimum absolute atomic E-state index is 0. The minimum Gasteiger partial charge on any atom is -0.309 e. The van der Waals surface area contributed by atoms with Crippen LogP contribution in [0.1, 0.15) is 15.3 Å². The van der Waals surface area contributed by atoms with E-state index in [1.54, 1.807) is 0 Å². The summed E-state index contributed by atoms with van der Waals surface area (Å²) in [7, 11) is 0. The Labute approximate surface area is 49.6 Å². The van der Waals surface area contributed by atoms with E-state index in [2.05, 4.69) is 5.32 Å². The number of nitrogens with one attached hydrogen (secondary N) is 1. The monoisotopic (exact) mass is 125 g/mol. The van der Waals surface area contributed by atoms with Gasteiger partial charge in [-0.1, -0.05) is 13.8 Å². The first-order chi connectivity index (χ1) is 3.63. The van der Waals surface area contributed by atoms with Gasteiger partial charge in [0, 0.05) is 7.47 Å². The number of hydrogen-bond acceptors (Lipinski definition) is 1. The molecule has 1 nitrogen and oxygen atoms in total. The number of hydrogen-bond donors (Lipinski definition) is 1. The van der Waals surface area contributed by atoms with E-state index in [0.29, 0.717) is 0 Å². The molecule has 0 aromatic carbocycles. The Balaban J connectivity index is 0. The van der Waals surface area contributed by atoms with Crippen LogP contribution in [0.2, 0.25) is 0 Å². The van der Waals surface area contributed by atoms with Gasteiger partial charge in [-0.3, -0.25) is 0 Å². The summed E-state index contributed by atoms with van der Waals surface area (Å²) in [6.07, 6.45) is -2.22. The molecule has 1 N–H and O–H groups in total. The molecule has 0 rings (SSSR count). The zero-order valence-electron chi connectivity index (χ0n) is 5.12. The Morgan fingerprint density at radius 2 is 2.00 bits per heavy atom. The number of halogens is 2. The zero-order chi connectivity index (χ0) is 6.57. The van der Waals surface area contributed by atoms with Gasteiger partial charge in [-0.25, -0.2) is 8.78 Å². The van der Waals surface area contributed by atoms with Gasteiger partial charge in [0.15, 0.2) is 0 Å². The van der Waals surface area contributed by atoms with Crippen molar-refractivity contribution in [3.05, 3.63) is 0 Å². The lowest BCUT2D eigenvalue weighted by molar-refractivity contribution is 0.143. The second kappa shape index (κ2) is 3.78. The Hall–Kier alpha value is -0.180. The van der Waals surface area contributed by atoms with Crippen molar-refractivity contribution in [3.63, 3.8) is 0 Å². The molecule has 0 aromatic heterocycles. The summed E-state index contributed by atoms with van der Waals surface area (Å²) in [5.41, 5.74) is 0. The van der Waals surface area contributed by atoms with E-state index in [1.807, 2.05) is 13.8 Å². The first kappa shape index (κ1) is 7.82. The molecular formula is C5H13F2N. The summed E-state index contributed by atoms with van der Waals surface area (Å²) in [4.78, 5) is 0. The fourth-order valence-electron chi connectivity index (χ4n) is 0.325. The van der Waals surface area contributed by atoms with Gasteiger partial charge in [0.25, 0.3) is 6.43 Å². The van der Waals surface area contributed by atoms with Crippen LogP contribution in [0.15, 0.2) is 0 Å². The molecule has 0 unspecified atom stereocenters. The number of rotatable bonds is 3. The smallest absolute Gasteiger partial charge is 0.250 e. The topological polar surface area (TPSA) is 12.0 Å². The summed E-state index contributed by atoms with van der Waals surface area (Å²) < 4.78 is 22.7. The maximum atomic E-state index is 11.3. The molecule has 0 aliphatic carbocycles. The van der Waals surface area contributed by atoms with Gasteiger partial charge < -0.3 is 5.32 Å². The third-order valence-corrected chi connectivity index (χ3v) is 0.680. The van der Waals surface area contributed by atoms with Crippen LogP contribution in [0, 0.1) is 0 Å². The Kier molecular flexibility index (Phi) is 3.69. The molecule has 3 heteroatoms. The van der Waals surface area contributed by atoms with E-state index in [0.717, 1.165) is 0 Å². The van der Waals surface area contributed by atoms with Crippen LogP contribution in [0.5, 0.6) is 0 Å². The maximum absolute atomic E-state index is 11.3. The third-order valence-electron chi connectivity index (χ3n) is 0.680. The van der Waals surface area contributed by atoms with E-state index >= 15 is 0 Å². The molecule has 0 bridgehead atoms. The van der Waals surface area contributed by atoms with E-state index in [4.69, 9.17) is 0 Å². The lowest BCUT2D eigenvalue weighted by atomic mass is 10.4. The summed E-state index contributed by atoms with van der Waals surface area (Å²) in [6, 6.07) is 0.156. The molecule has 0 spiro atoms. The highest BCUT2D eigenvalue weighted by Gasteiger charge is 2.00. The molecule has 8 heavy (non-hydrogen) atoms. The molecule has 0 heterocycles. The van der Waals surface area contributed by atoms with Crippen LogP contribution in [0.25, 0.3) is 0 Å². The normalized spacial score (nSPS) is 11.2. The fraction of sp³-hybridized carbons (Fsp3) is 1.00. The van der Waals surface area contributed by atoms with Crippen LogP contribution >= 0.6 is 0 Å². The first-order valence-corrected chi connectivity index (χ1v) is 2.64. The second-order valence-electron chi connectivity index (χ2n) is 1.95. The molecule has 0 aromatic rings. The van der Waals surface area contributed by atoms with Crippen molar-refractivity contribution in [1.29, 1.82) is 0 Å². The minimum atomic E-state index is -2.22. The van der Waals surface area contributed by atoms with Crippen molar-refractivity contribution in [2.75, 3.05) is 6.54 Å². The first-order valence-electron chi connectivity index (χ1n) is 2.64.